The molecule has 0 fully saturated rings. The molecule has 0 N–H and O–H groups in total. The molecule has 0 saturated carbocycles. The van der Waals surface area contributed by atoms with Gasteiger partial charge in [0.05, 0.1) is 9.50 Å². The van der Waals surface area contributed by atoms with Gasteiger partial charge < -0.3 is 0 Å². The molecule has 0 aliphatic carbocycles. The van der Waals surface area contributed by atoms with E-state index in [4.69, 9.17) is 11.6 Å². The summed E-state index contributed by atoms with van der Waals surface area (Å²) >= 11 is 8.77. The molecule has 14 heavy (non-hydrogen) atoms. The Balaban J connectivity index is 3.22. The lowest BCUT2D eigenvalue weighted by Gasteiger charge is -2.07. The number of carbonyl (C=O) groups is 1. The molecule has 76 valence electrons. The van der Waals surface area contributed by atoms with Crippen LogP contribution in [0.5, 0.6) is 0 Å². The molecule has 1 aromatic carbocycles. The second-order valence-electron chi connectivity index (χ2n) is 3.27. The van der Waals surface area contributed by atoms with Gasteiger partial charge in [-0.05, 0) is 28.1 Å². The van der Waals surface area contributed by atoms with Gasteiger partial charge in [-0.15, -0.1) is 0 Å². The molecular weight excluding hydrogens is 270 g/mol. The smallest absolute Gasteiger partial charge is 0.166 e. The Kier molecular flexibility index (Phi) is 3.67. The average Bonchev–Trinajstić information content (AvgIpc) is 2.10. The number of ketones is 1. The summed E-state index contributed by atoms with van der Waals surface area (Å²) in [5, 5.41) is 0.157. The zero-order chi connectivity index (χ0) is 10.9. The summed E-state index contributed by atoms with van der Waals surface area (Å²) in [6.07, 6.45) is 0. The van der Waals surface area contributed by atoms with Crippen molar-refractivity contribution in [2.45, 2.75) is 13.8 Å². The van der Waals surface area contributed by atoms with E-state index in [9.17, 15) is 9.18 Å². The molecule has 1 aromatic rings. The molecule has 0 spiro atoms. The molecule has 0 aliphatic heterocycles. The van der Waals surface area contributed by atoms with Gasteiger partial charge in [0.2, 0.25) is 0 Å². The summed E-state index contributed by atoms with van der Waals surface area (Å²) in [7, 11) is 0. The van der Waals surface area contributed by atoms with Crippen LogP contribution in [0.25, 0.3) is 0 Å². The quantitative estimate of drug-likeness (QED) is 0.589. The summed E-state index contributed by atoms with van der Waals surface area (Å²) in [6, 6.07) is 2.56. The minimum atomic E-state index is -0.463. The Bertz CT molecular complexity index is 377. The van der Waals surface area contributed by atoms with E-state index < -0.39 is 5.82 Å². The number of Topliss-reactive ketones (excluding diaryl/α,β-unsaturated/α-hetero) is 1. The summed E-state index contributed by atoms with van der Waals surface area (Å²) in [4.78, 5) is 11.6. The number of benzene rings is 1. The molecule has 0 aliphatic rings. The largest absolute Gasteiger partial charge is 0.294 e. The first-order valence-electron chi connectivity index (χ1n) is 4.12. The second-order valence-corrected chi connectivity index (χ2v) is 4.53. The number of hydrogen-bond acceptors (Lipinski definition) is 1. The summed E-state index contributed by atoms with van der Waals surface area (Å²) in [6.45, 7) is 3.55. The van der Waals surface area contributed by atoms with Crippen LogP contribution in [0, 0.1) is 11.7 Å². The molecule has 0 aromatic heterocycles. The van der Waals surface area contributed by atoms with Crippen LogP contribution in [0.1, 0.15) is 24.2 Å². The SMILES string of the molecule is CC(C)C(=O)c1cc(Br)c(F)cc1Cl. The highest BCUT2D eigenvalue weighted by atomic mass is 79.9. The lowest BCUT2D eigenvalue weighted by Crippen LogP contribution is -2.08. The highest BCUT2D eigenvalue weighted by molar-refractivity contribution is 9.10. The van der Waals surface area contributed by atoms with Crippen LogP contribution in [0.15, 0.2) is 16.6 Å². The molecule has 0 radical (unpaired) electrons. The van der Waals surface area contributed by atoms with Crippen molar-refractivity contribution in [3.05, 3.63) is 33.0 Å². The van der Waals surface area contributed by atoms with E-state index in [-0.39, 0.29) is 21.2 Å². The van der Waals surface area contributed by atoms with E-state index in [2.05, 4.69) is 15.9 Å². The standard InChI is InChI=1S/C10H9BrClFO/c1-5(2)10(14)6-3-7(11)9(13)4-8(6)12/h3-5H,1-2H3. The molecule has 4 heteroatoms. The van der Waals surface area contributed by atoms with Crippen molar-refractivity contribution < 1.29 is 9.18 Å². The Labute approximate surface area is 95.4 Å². The van der Waals surface area contributed by atoms with E-state index >= 15 is 0 Å². The van der Waals surface area contributed by atoms with Crippen molar-refractivity contribution in [2.24, 2.45) is 5.92 Å². The predicted octanol–water partition coefficient (Wildman–Crippen LogP) is 4.08. The van der Waals surface area contributed by atoms with Gasteiger partial charge in [0, 0.05) is 11.5 Å². The summed E-state index contributed by atoms with van der Waals surface area (Å²) < 4.78 is 13.2. The third-order valence-corrected chi connectivity index (χ3v) is 2.72. The van der Waals surface area contributed by atoms with Gasteiger partial charge >= 0.3 is 0 Å². The van der Waals surface area contributed by atoms with Gasteiger partial charge in [-0.25, -0.2) is 4.39 Å². The molecule has 0 atom stereocenters. The lowest BCUT2D eigenvalue weighted by atomic mass is 10.0. The molecule has 0 saturated heterocycles. The fourth-order valence-corrected chi connectivity index (χ4v) is 1.61. The fraction of sp³-hybridized carbons (Fsp3) is 0.300. The topological polar surface area (TPSA) is 17.1 Å². The number of rotatable bonds is 2. The average molecular weight is 280 g/mol. The van der Waals surface area contributed by atoms with Gasteiger partial charge in [0.15, 0.2) is 5.78 Å². The van der Waals surface area contributed by atoms with E-state index in [1.807, 2.05) is 0 Å². The summed E-state index contributed by atoms with van der Waals surface area (Å²) in [5.74, 6) is -0.698. The maximum Gasteiger partial charge on any atom is 0.166 e. The van der Waals surface area contributed by atoms with Crippen molar-refractivity contribution in [3.8, 4) is 0 Å². The maximum atomic E-state index is 13.0. The number of halogens is 3. The third kappa shape index (κ3) is 2.34. The van der Waals surface area contributed by atoms with Crippen molar-refractivity contribution >= 4 is 33.3 Å². The molecule has 1 rings (SSSR count). The Morgan fingerprint density at radius 3 is 2.57 bits per heavy atom. The molecule has 1 nitrogen and oxygen atoms in total. The van der Waals surface area contributed by atoms with Crippen molar-refractivity contribution in [1.82, 2.24) is 0 Å². The van der Waals surface area contributed by atoms with Gasteiger partial charge in [-0.3, -0.25) is 4.79 Å². The third-order valence-electron chi connectivity index (χ3n) is 1.80. The monoisotopic (exact) mass is 278 g/mol. The second kappa shape index (κ2) is 4.41. The van der Waals surface area contributed by atoms with Gasteiger partial charge in [-0.1, -0.05) is 25.4 Å². The summed E-state index contributed by atoms with van der Waals surface area (Å²) in [5.41, 5.74) is 0.356. The number of hydrogen-bond donors (Lipinski definition) is 0. The maximum absolute atomic E-state index is 13.0. The van der Waals surface area contributed by atoms with Crippen LogP contribution in [-0.2, 0) is 0 Å². The number of carbonyl (C=O) groups excluding carboxylic acids is 1. The van der Waals surface area contributed by atoms with E-state index in [0.717, 1.165) is 6.07 Å². The van der Waals surface area contributed by atoms with Crippen molar-refractivity contribution in [2.75, 3.05) is 0 Å². The van der Waals surface area contributed by atoms with Crippen molar-refractivity contribution in [3.63, 3.8) is 0 Å². The Hall–Kier alpha value is -0.410. The Morgan fingerprint density at radius 1 is 1.50 bits per heavy atom. The first-order valence-corrected chi connectivity index (χ1v) is 5.29. The molecular formula is C10H9BrClFO. The van der Waals surface area contributed by atoms with Crippen LogP contribution in [0.2, 0.25) is 5.02 Å². The van der Waals surface area contributed by atoms with Gasteiger partial charge in [0.25, 0.3) is 0 Å². The van der Waals surface area contributed by atoms with Crippen LogP contribution in [0.3, 0.4) is 0 Å². The van der Waals surface area contributed by atoms with Crippen LogP contribution in [0.4, 0.5) is 4.39 Å². The van der Waals surface area contributed by atoms with Gasteiger partial charge in [-0.2, -0.15) is 0 Å². The van der Waals surface area contributed by atoms with Gasteiger partial charge in [0.1, 0.15) is 5.82 Å². The minimum Gasteiger partial charge on any atom is -0.294 e. The Morgan fingerprint density at radius 2 is 2.07 bits per heavy atom. The fourth-order valence-electron chi connectivity index (χ4n) is 1.02. The highest BCUT2D eigenvalue weighted by Gasteiger charge is 2.16. The first kappa shape index (κ1) is 11.7. The van der Waals surface area contributed by atoms with Crippen LogP contribution in [-0.4, -0.2) is 5.78 Å². The van der Waals surface area contributed by atoms with E-state index in [0.29, 0.717) is 5.56 Å². The predicted molar refractivity (Wildman–Crippen MR) is 58.3 cm³/mol. The van der Waals surface area contributed by atoms with E-state index in [1.54, 1.807) is 13.8 Å². The first-order chi connectivity index (χ1) is 6.43. The van der Waals surface area contributed by atoms with Crippen LogP contribution < -0.4 is 0 Å². The molecule has 0 amide bonds. The molecule has 0 bridgehead atoms. The minimum absolute atomic E-state index is 0.0873. The molecule has 0 heterocycles. The van der Waals surface area contributed by atoms with Crippen LogP contribution >= 0.6 is 27.5 Å². The highest BCUT2D eigenvalue weighted by Crippen LogP contribution is 2.26. The van der Waals surface area contributed by atoms with E-state index in [1.165, 1.54) is 6.07 Å². The zero-order valence-electron chi connectivity index (χ0n) is 7.77. The van der Waals surface area contributed by atoms with Crippen molar-refractivity contribution in [1.29, 1.82) is 0 Å². The normalized spacial score (nSPS) is 10.7. The molecule has 0 unspecified atom stereocenters. The zero-order valence-corrected chi connectivity index (χ0v) is 10.1. The lowest BCUT2D eigenvalue weighted by molar-refractivity contribution is 0.0939.